The van der Waals surface area contributed by atoms with Crippen LogP contribution in [0.2, 0.25) is 0 Å². The molecule has 4 heteroatoms. The van der Waals surface area contributed by atoms with Crippen LogP contribution in [0.5, 0.6) is 0 Å². The second-order valence-corrected chi connectivity index (χ2v) is 5.48. The molecule has 0 aromatic heterocycles. The van der Waals surface area contributed by atoms with Crippen molar-refractivity contribution in [2.75, 3.05) is 6.61 Å². The summed E-state index contributed by atoms with van der Waals surface area (Å²) in [6.07, 6.45) is 1.78. The number of halogens is 2. The van der Waals surface area contributed by atoms with Crippen LogP contribution in [0.25, 0.3) is 0 Å². The highest BCUT2D eigenvalue weighted by Gasteiger charge is 2.30. The van der Waals surface area contributed by atoms with Gasteiger partial charge in [0.1, 0.15) is 5.82 Å². The number of hydrogen-bond acceptors (Lipinski definition) is 2. The van der Waals surface area contributed by atoms with Crippen molar-refractivity contribution in [1.82, 2.24) is 0 Å². The lowest BCUT2D eigenvalue weighted by Gasteiger charge is -2.22. The van der Waals surface area contributed by atoms with Crippen LogP contribution in [-0.2, 0) is 11.2 Å². The van der Waals surface area contributed by atoms with Crippen molar-refractivity contribution in [3.63, 3.8) is 0 Å². The molecule has 1 aromatic rings. The van der Waals surface area contributed by atoms with Crippen LogP contribution >= 0.6 is 15.9 Å². The normalized spacial score (nSPS) is 26.1. The van der Waals surface area contributed by atoms with Crippen molar-refractivity contribution in [1.29, 1.82) is 0 Å². The zero-order valence-corrected chi connectivity index (χ0v) is 11.4. The SMILES string of the molecule is CC1CCOC1C(N)Cc1cccc(F)c1Br. The molecule has 1 aromatic carbocycles. The summed E-state index contributed by atoms with van der Waals surface area (Å²) in [6, 6.07) is 4.97. The highest BCUT2D eigenvalue weighted by Crippen LogP contribution is 2.26. The Balaban J connectivity index is 2.07. The molecule has 2 N–H and O–H groups in total. The third-order valence-corrected chi connectivity index (χ3v) is 4.24. The largest absolute Gasteiger partial charge is 0.376 e. The van der Waals surface area contributed by atoms with Gasteiger partial charge >= 0.3 is 0 Å². The summed E-state index contributed by atoms with van der Waals surface area (Å²) >= 11 is 3.26. The summed E-state index contributed by atoms with van der Waals surface area (Å²) in [6.45, 7) is 2.93. The minimum absolute atomic E-state index is 0.0781. The topological polar surface area (TPSA) is 35.2 Å². The van der Waals surface area contributed by atoms with E-state index in [1.165, 1.54) is 6.07 Å². The van der Waals surface area contributed by atoms with Gasteiger partial charge in [-0.3, -0.25) is 0 Å². The fourth-order valence-electron chi connectivity index (χ4n) is 2.34. The first kappa shape index (κ1) is 13.0. The van der Waals surface area contributed by atoms with Gasteiger partial charge in [0, 0.05) is 12.6 Å². The van der Waals surface area contributed by atoms with E-state index in [4.69, 9.17) is 10.5 Å². The zero-order valence-electron chi connectivity index (χ0n) is 9.83. The fraction of sp³-hybridized carbons (Fsp3) is 0.538. The van der Waals surface area contributed by atoms with Gasteiger partial charge in [-0.1, -0.05) is 19.1 Å². The molecule has 1 saturated heterocycles. The predicted octanol–water partition coefficient (Wildman–Crippen LogP) is 2.88. The molecule has 3 atom stereocenters. The number of rotatable bonds is 3. The predicted molar refractivity (Wildman–Crippen MR) is 69.3 cm³/mol. The Kier molecular flexibility index (Phi) is 4.17. The van der Waals surface area contributed by atoms with E-state index in [1.807, 2.05) is 6.07 Å². The lowest BCUT2D eigenvalue weighted by Crippen LogP contribution is -2.39. The summed E-state index contributed by atoms with van der Waals surface area (Å²) in [7, 11) is 0. The first-order valence-electron chi connectivity index (χ1n) is 5.89. The molecular formula is C13H17BrFNO. The molecular weight excluding hydrogens is 285 g/mol. The van der Waals surface area contributed by atoms with E-state index in [-0.39, 0.29) is 18.0 Å². The molecule has 0 amide bonds. The number of ether oxygens (including phenoxy) is 1. The summed E-state index contributed by atoms with van der Waals surface area (Å²) in [4.78, 5) is 0. The number of benzene rings is 1. The van der Waals surface area contributed by atoms with Crippen LogP contribution in [0.15, 0.2) is 22.7 Å². The average Bonchev–Trinajstić information content (AvgIpc) is 2.71. The van der Waals surface area contributed by atoms with Crippen molar-refractivity contribution in [3.05, 3.63) is 34.1 Å². The van der Waals surface area contributed by atoms with Gasteiger partial charge in [-0.15, -0.1) is 0 Å². The highest BCUT2D eigenvalue weighted by molar-refractivity contribution is 9.10. The summed E-state index contributed by atoms with van der Waals surface area (Å²) in [5.74, 6) is 0.243. The van der Waals surface area contributed by atoms with Gasteiger partial charge in [-0.25, -0.2) is 4.39 Å². The van der Waals surface area contributed by atoms with Crippen LogP contribution in [0.4, 0.5) is 4.39 Å². The zero-order chi connectivity index (χ0) is 12.4. The standard InChI is InChI=1S/C13H17BrFNO/c1-8-5-6-17-13(8)11(16)7-9-3-2-4-10(15)12(9)14/h2-4,8,11,13H,5-7,16H2,1H3. The maximum atomic E-state index is 13.4. The Labute approximate surface area is 109 Å². The second-order valence-electron chi connectivity index (χ2n) is 4.68. The second kappa shape index (κ2) is 5.46. The molecule has 2 rings (SSSR count). The molecule has 0 radical (unpaired) electrons. The monoisotopic (exact) mass is 301 g/mol. The minimum atomic E-state index is -0.241. The average molecular weight is 302 g/mol. The van der Waals surface area contributed by atoms with Crippen LogP contribution in [0.1, 0.15) is 18.9 Å². The van der Waals surface area contributed by atoms with Gasteiger partial charge in [0.25, 0.3) is 0 Å². The molecule has 1 aliphatic rings. The third-order valence-electron chi connectivity index (χ3n) is 3.35. The molecule has 2 nitrogen and oxygen atoms in total. The molecule has 0 aliphatic carbocycles. The Hall–Kier alpha value is -0.450. The first-order valence-corrected chi connectivity index (χ1v) is 6.69. The summed E-state index contributed by atoms with van der Waals surface area (Å²) < 4.78 is 19.5. The molecule has 3 unspecified atom stereocenters. The summed E-state index contributed by atoms with van der Waals surface area (Å²) in [5.41, 5.74) is 7.06. The minimum Gasteiger partial charge on any atom is -0.376 e. The van der Waals surface area contributed by atoms with Gasteiger partial charge in [0.15, 0.2) is 0 Å². The smallest absolute Gasteiger partial charge is 0.137 e. The van der Waals surface area contributed by atoms with Gasteiger partial charge < -0.3 is 10.5 Å². The van der Waals surface area contributed by atoms with Crippen LogP contribution in [0, 0.1) is 11.7 Å². The highest BCUT2D eigenvalue weighted by atomic mass is 79.9. The quantitative estimate of drug-likeness (QED) is 0.932. The molecule has 0 saturated carbocycles. The summed E-state index contributed by atoms with van der Waals surface area (Å²) in [5, 5.41) is 0. The van der Waals surface area contributed by atoms with E-state index >= 15 is 0 Å². The van der Waals surface area contributed by atoms with Crippen molar-refractivity contribution in [2.24, 2.45) is 11.7 Å². The number of hydrogen-bond donors (Lipinski definition) is 1. The number of nitrogens with two attached hydrogens (primary N) is 1. The Morgan fingerprint density at radius 1 is 1.59 bits per heavy atom. The first-order chi connectivity index (χ1) is 8.09. The molecule has 0 bridgehead atoms. The Bertz CT molecular complexity index is 399. The van der Waals surface area contributed by atoms with E-state index in [1.54, 1.807) is 6.07 Å². The fourth-order valence-corrected chi connectivity index (χ4v) is 2.77. The molecule has 1 aliphatic heterocycles. The van der Waals surface area contributed by atoms with Crippen molar-refractivity contribution in [3.8, 4) is 0 Å². The lowest BCUT2D eigenvalue weighted by atomic mass is 9.93. The van der Waals surface area contributed by atoms with E-state index in [9.17, 15) is 4.39 Å². The van der Waals surface area contributed by atoms with E-state index < -0.39 is 0 Å². The maximum Gasteiger partial charge on any atom is 0.137 e. The van der Waals surface area contributed by atoms with Gasteiger partial charge in [0.2, 0.25) is 0 Å². The van der Waals surface area contributed by atoms with Crippen LogP contribution in [0.3, 0.4) is 0 Å². The van der Waals surface area contributed by atoms with E-state index in [2.05, 4.69) is 22.9 Å². The van der Waals surface area contributed by atoms with Crippen molar-refractivity contribution in [2.45, 2.75) is 31.9 Å². The van der Waals surface area contributed by atoms with Crippen LogP contribution < -0.4 is 5.73 Å². The lowest BCUT2D eigenvalue weighted by molar-refractivity contribution is 0.0726. The third kappa shape index (κ3) is 2.87. The molecule has 17 heavy (non-hydrogen) atoms. The van der Waals surface area contributed by atoms with Gasteiger partial charge in [-0.2, -0.15) is 0 Å². The van der Waals surface area contributed by atoms with Crippen molar-refractivity contribution < 1.29 is 9.13 Å². The van der Waals surface area contributed by atoms with Gasteiger partial charge in [-0.05, 0) is 46.3 Å². The maximum absolute atomic E-state index is 13.4. The molecule has 0 spiro atoms. The Morgan fingerprint density at radius 3 is 3.00 bits per heavy atom. The van der Waals surface area contributed by atoms with Crippen LogP contribution in [-0.4, -0.2) is 18.8 Å². The Morgan fingerprint density at radius 2 is 2.35 bits per heavy atom. The molecule has 1 heterocycles. The molecule has 1 fully saturated rings. The van der Waals surface area contributed by atoms with Crippen molar-refractivity contribution >= 4 is 15.9 Å². The van der Waals surface area contributed by atoms with E-state index in [0.29, 0.717) is 16.8 Å². The van der Waals surface area contributed by atoms with Gasteiger partial charge in [0.05, 0.1) is 10.6 Å². The molecule has 94 valence electrons. The van der Waals surface area contributed by atoms with E-state index in [0.717, 1.165) is 18.6 Å².